The van der Waals surface area contributed by atoms with Crippen molar-refractivity contribution in [1.82, 2.24) is 5.32 Å². The number of nitrogens with one attached hydrogen (secondary N) is 1. The normalized spacial score (nSPS) is 12.4. The summed E-state index contributed by atoms with van der Waals surface area (Å²) in [6.45, 7) is 1.68. The van der Waals surface area contributed by atoms with Gasteiger partial charge >= 0.3 is 5.97 Å². The van der Waals surface area contributed by atoms with Gasteiger partial charge in [0.05, 0.1) is 0 Å². The number of halogens is 2. The van der Waals surface area contributed by atoms with Crippen molar-refractivity contribution in [3.8, 4) is 0 Å². The van der Waals surface area contributed by atoms with Gasteiger partial charge in [-0.3, -0.25) is 4.79 Å². The molecule has 0 saturated carbocycles. The fraction of sp³-hybridized carbons (Fsp3) is 0.231. The van der Waals surface area contributed by atoms with Gasteiger partial charge in [0.25, 0.3) is 0 Å². The molecule has 0 heterocycles. The lowest BCUT2D eigenvalue weighted by atomic mass is 10.2. The van der Waals surface area contributed by atoms with E-state index in [-0.39, 0.29) is 0 Å². The zero-order valence-corrected chi connectivity index (χ0v) is 11.7. The van der Waals surface area contributed by atoms with Crippen molar-refractivity contribution in [2.45, 2.75) is 19.4 Å². The Morgan fingerprint density at radius 3 is 2.68 bits per heavy atom. The number of carboxylic acid groups (broad SMARTS) is 1. The topological polar surface area (TPSA) is 66.4 Å². The van der Waals surface area contributed by atoms with Gasteiger partial charge in [-0.05, 0) is 36.3 Å². The third-order valence-corrected chi connectivity index (χ3v) is 2.97. The Morgan fingerprint density at radius 1 is 1.42 bits per heavy atom. The molecule has 1 aromatic rings. The van der Waals surface area contributed by atoms with Crippen molar-refractivity contribution in [2.24, 2.45) is 0 Å². The van der Waals surface area contributed by atoms with Gasteiger partial charge in [-0.15, -0.1) is 0 Å². The Hall–Kier alpha value is -1.52. The number of hydrogen-bond acceptors (Lipinski definition) is 2. The summed E-state index contributed by atoms with van der Waals surface area (Å²) in [5.74, 6) is -1.56. The van der Waals surface area contributed by atoms with E-state index >= 15 is 0 Å². The molecule has 0 bridgehead atoms. The number of carbonyl (C=O) groups excluding carboxylic acids is 1. The number of benzene rings is 1. The van der Waals surface area contributed by atoms with E-state index in [4.69, 9.17) is 28.3 Å². The minimum atomic E-state index is -1.06. The van der Waals surface area contributed by atoms with Crippen LogP contribution in [0.4, 0.5) is 0 Å². The van der Waals surface area contributed by atoms with Crippen LogP contribution in [0.15, 0.2) is 24.3 Å². The maximum Gasteiger partial charge on any atom is 0.326 e. The first-order valence-corrected chi connectivity index (χ1v) is 6.36. The number of hydrogen-bond donors (Lipinski definition) is 2. The van der Waals surface area contributed by atoms with Gasteiger partial charge in [0.1, 0.15) is 6.04 Å². The number of amides is 1. The minimum absolute atomic E-state index is 0.312. The summed E-state index contributed by atoms with van der Waals surface area (Å²) in [6, 6.07) is 3.97. The fourth-order valence-electron chi connectivity index (χ4n) is 1.37. The number of carboxylic acids is 1. The molecule has 1 aromatic carbocycles. The van der Waals surface area contributed by atoms with Crippen LogP contribution in [0.3, 0.4) is 0 Å². The van der Waals surface area contributed by atoms with E-state index < -0.39 is 17.9 Å². The van der Waals surface area contributed by atoms with Crippen molar-refractivity contribution in [3.63, 3.8) is 0 Å². The summed E-state index contributed by atoms with van der Waals surface area (Å²) < 4.78 is 0. The fourth-order valence-corrected chi connectivity index (χ4v) is 1.73. The first-order chi connectivity index (χ1) is 8.93. The summed E-state index contributed by atoms with van der Waals surface area (Å²) in [5.41, 5.74) is 0.590. The molecule has 1 atom stereocenters. The summed E-state index contributed by atoms with van der Waals surface area (Å²) in [4.78, 5) is 22.3. The van der Waals surface area contributed by atoms with Crippen LogP contribution in [-0.4, -0.2) is 23.0 Å². The van der Waals surface area contributed by atoms with Gasteiger partial charge in [-0.2, -0.15) is 0 Å². The van der Waals surface area contributed by atoms with Gasteiger partial charge in [0.2, 0.25) is 5.91 Å². The standard InChI is InChI=1S/C13H13Cl2NO3/c1-2-11(13(18)19)16-12(17)6-3-8-7-9(14)4-5-10(8)15/h3-7,11H,2H2,1H3,(H,16,17)(H,18,19)/b6-3+/t11-/m0/s1. The van der Waals surface area contributed by atoms with Crippen LogP contribution in [0.25, 0.3) is 6.08 Å². The SMILES string of the molecule is CC[C@H](NC(=O)/C=C/c1cc(Cl)ccc1Cl)C(=O)O. The van der Waals surface area contributed by atoms with Crippen LogP contribution in [0.1, 0.15) is 18.9 Å². The minimum Gasteiger partial charge on any atom is -0.480 e. The second kappa shape index (κ2) is 7.16. The molecule has 2 N–H and O–H groups in total. The molecule has 6 heteroatoms. The highest BCUT2D eigenvalue weighted by molar-refractivity contribution is 6.34. The number of aliphatic carboxylic acids is 1. The molecule has 0 saturated heterocycles. The summed E-state index contributed by atoms with van der Waals surface area (Å²) in [7, 11) is 0. The van der Waals surface area contributed by atoms with E-state index in [1.807, 2.05) is 0 Å². The highest BCUT2D eigenvalue weighted by Crippen LogP contribution is 2.21. The van der Waals surface area contributed by atoms with Crippen LogP contribution < -0.4 is 5.32 Å². The van der Waals surface area contributed by atoms with E-state index in [0.29, 0.717) is 22.0 Å². The van der Waals surface area contributed by atoms with Crippen molar-refractivity contribution >= 4 is 41.2 Å². The molecular weight excluding hydrogens is 289 g/mol. The molecule has 0 spiro atoms. The predicted molar refractivity (Wildman–Crippen MR) is 75.4 cm³/mol. The lowest BCUT2D eigenvalue weighted by Crippen LogP contribution is -2.39. The van der Waals surface area contributed by atoms with Gasteiger partial charge in [0, 0.05) is 16.1 Å². The quantitative estimate of drug-likeness (QED) is 0.822. The zero-order chi connectivity index (χ0) is 14.4. The molecule has 0 aromatic heterocycles. The smallest absolute Gasteiger partial charge is 0.326 e. The van der Waals surface area contributed by atoms with Crippen LogP contribution in [0.5, 0.6) is 0 Å². The first kappa shape index (κ1) is 15.5. The Morgan fingerprint density at radius 2 is 2.11 bits per heavy atom. The Kier molecular flexibility index (Phi) is 5.86. The zero-order valence-electron chi connectivity index (χ0n) is 10.2. The van der Waals surface area contributed by atoms with Crippen molar-refractivity contribution in [1.29, 1.82) is 0 Å². The number of carbonyl (C=O) groups is 2. The maximum atomic E-state index is 11.5. The molecule has 0 aliphatic rings. The molecule has 1 amide bonds. The first-order valence-electron chi connectivity index (χ1n) is 5.60. The lowest BCUT2D eigenvalue weighted by Gasteiger charge is -2.09. The van der Waals surface area contributed by atoms with Crippen LogP contribution in [0, 0.1) is 0 Å². The average molecular weight is 302 g/mol. The van der Waals surface area contributed by atoms with Gasteiger partial charge in [-0.1, -0.05) is 30.1 Å². The molecular formula is C13H13Cl2NO3. The third kappa shape index (κ3) is 4.93. The second-order valence-electron chi connectivity index (χ2n) is 3.81. The monoisotopic (exact) mass is 301 g/mol. The molecule has 0 aliphatic carbocycles. The molecule has 1 rings (SSSR count). The molecule has 0 unspecified atom stereocenters. The molecule has 19 heavy (non-hydrogen) atoms. The molecule has 102 valence electrons. The third-order valence-electron chi connectivity index (χ3n) is 2.40. The van der Waals surface area contributed by atoms with Crippen LogP contribution >= 0.6 is 23.2 Å². The van der Waals surface area contributed by atoms with Gasteiger partial charge < -0.3 is 10.4 Å². The molecule has 0 aliphatic heterocycles. The average Bonchev–Trinajstić information content (AvgIpc) is 2.36. The van der Waals surface area contributed by atoms with Gasteiger partial charge in [-0.25, -0.2) is 4.79 Å². The second-order valence-corrected chi connectivity index (χ2v) is 4.65. The van der Waals surface area contributed by atoms with Crippen molar-refractivity contribution in [2.75, 3.05) is 0 Å². The number of rotatable bonds is 5. The Labute approximate surface area is 121 Å². The van der Waals surface area contributed by atoms with Gasteiger partial charge in [0.15, 0.2) is 0 Å². The van der Waals surface area contributed by atoms with Crippen LogP contribution in [-0.2, 0) is 9.59 Å². The molecule has 4 nitrogen and oxygen atoms in total. The highest BCUT2D eigenvalue weighted by atomic mass is 35.5. The van der Waals surface area contributed by atoms with Crippen molar-refractivity contribution in [3.05, 3.63) is 39.9 Å². The Bertz CT molecular complexity index is 515. The lowest BCUT2D eigenvalue weighted by molar-refractivity contribution is -0.141. The van der Waals surface area contributed by atoms with E-state index in [1.165, 1.54) is 12.2 Å². The summed E-state index contributed by atoms with van der Waals surface area (Å²) in [6.07, 6.45) is 3.02. The van der Waals surface area contributed by atoms with E-state index in [0.717, 1.165) is 0 Å². The van der Waals surface area contributed by atoms with E-state index in [2.05, 4.69) is 5.32 Å². The largest absolute Gasteiger partial charge is 0.480 e. The highest BCUT2D eigenvalue weighted by Gasteiger charge is 2.15. The summed E-state index contributed by atoms with van der Waals surface area (Å²) >= 11 is 11.7. The maximum absolute atomic E-state index is 11.5. The Balaban J connectivity index is 2.73. The summed E-state index contributed by atoms with van der Waals surface area (Å²) in [5, 5.41) is 12.1. The van der Waals surface area contributed by atoms with Crippen molar-refractivity contribution < 1.29 is 14.7 Å². The van der Waals surface area contributed by atoms with E-state index in [9.17, 15) is 9.59 Å². The van der Waals surface area contributed by atoms with Crippen LogP contribution in [0.2, 0.25) is 10.0 Å². The molecule has 0 radical (unpaired) electrons. The van der Waals surface area contributed by atoms with E-state index in [1.54, 1.807) is 25.1 Å². The predicted octanol–water partition coefficient (Wildman–Crippen LogP) is 2.99. The molecule has 0 fully saturated rings.